The van der Waals surface area contributed by atoms with Gasteiger partial charge in [-0.25, -0.2) is 0 Å². The molecule has 0 saturated heterocycles. The van der Waals surface area contributed by atoms with Crippen molar-refractivity contribution >= 4 is 20.6 Å². The third kappa shape index (κ3) is 3.55. The second kappa shape index (κ2) is 5.75. The van der Waals surface area contributed by atoms with Gasteiger partial charge in [-0.1, -0.05) is 24.2 Å². The summed E-state index contributed by atoms with van der Waals surface area (Å²) < 4.78 is 5.64. The lowest BCUT2D eigenvalue weighted by Gasteiger charge is -2.10. The Morgan fingerprint density at radius 3 is 2.53 bits per heavy atom. The zero-order valence-corrected chi connectivity index (χ0v) is 10.4. The van der Waals surface area contributed by atoms with E-state index in [0.717, 1.165) is 5.75 Å². The number of methoxy groups -OCH3 is 1. The second-order valence-corrected chi connectivity index (χ2v) is 4.27. The van der Waals surface area contributed by atoms with E-state index in [9.17, 15) is 0 Å². The summed E-state index contributed by atoms with van der Waals surface area (Å²) in [6.07, 6.45) is 0.683. The zero-order chi connectivity index (χ0) is 11.3. The molecule has 0 radical (unpaired) electrons. The Kier molecular flexibility index (Phi) is 4.62. The summed E-state index contributed by atoms with van der Waals surface area (Å²) in [6.45, 7) is 2.08. The normalized spacial score (nSPS) is 13.7. The monoisotopic (exact) mass is 271 g/mol. The summed E-state index contributed by atoms with van der Waals surface area (Å²) in [7, 11) is 1.65. The summed E-state index contributed by atoms with van der Waals surface area (Å²) in [5, 5.41) is 11.6. The van der Waals surface area contributed by atoms with Crippen molar-refractivity contribution in [3.05, 3.63) is 29.8 Å². The molecule has 1 atom stereocenters. The molecule has 0 fully saturated rings. The molecule has 15 heavy (non-hydrogen) atoms. The summed E-state index contributed by atoms with van der Waals surface area (Å²) in [6, 6.07) is 7.88. The van der Waals surface area contributed by atoms with Crippen LogP contribution in [0.1, 0.15) is 24.8 Å². The molecule has 0 aliphatic heterocycles. The molecule has 0 aromatic heterocycles. The predicted molar refractivity (Wildman–Crippen MR) is 64.2 cm³/mol. The van der Waals surface area contributed by atoms with Crippen LogP contribution in [-0.4, -0.2) is 16.9 Å². The van der Waals surface area contributed by atoms with Crippen LogP contribution in [0.5, 0.6) is 5.75 Å². The fourth-order valence-corrected chi connectivity index (χ4v) is 1.83. The van der Waals surface area contributed by atoms with E-state index in [1.807, 2.05) is 24.3 Å². The van der Waals surface area contributed by atoms with Crippen molar-refractivity contribution in [1.29, 1.82) is 0 Å². The van der Waals surface area contributed by atoms with Crippen LogP contribution in [0.2, 0.25) is 0 Å². The third-order valence-electron chi connectivity index (χ3n) is 2.27. The van der Waals surface area contributed by atoms with Gasteiger partial charge in [-0.05, 0) is 39.5 Å². The number of halogens is 1. The van der Waals surface area contributed by atoms with Gasteiger partial charge in [-0.3, -0.25) is 0 Å². The summed E-state index contributed by atoms with van der Waals surface area (Å²) >= 11 is 3.18. The van der Waals surface area contributed by atoms with E-state index in [1.54, 1.807) is 7.11 Å². The van der Waals surface area contributed by atoms with Gasteiger partial charge >= 0.3 is 0 Å². The van der Waals surface area contributed by atoms with Gasteiger partial charge in [-0.2, -0.15) is 0 Å². The van der Waals surface area contributed by atoms with Crippen LogP contribution in [0.3, 0.4) is 0 Å². The standard InChI is InChI=1S/C11H14BrNO2/c1-8(7-11(12)13-14)9-3-5-10(15-2)6-4-9/h3-6,8,14H,7H2,1-2H3/b13-11+/t8-/m1/s1. The highest BCUT2D eigenvalue weighted by atomic mass is 79.9. The lowest BCUT2D eigenvalue weighted by Crippen LogP contribution is -1.98. The first kappa shape index (κ1) is 12.0. The first-order chi connectivity index (χ1) is 7.17. The van der Waals surface area contributed by atoms with Crippen molar-refractivity contribution in [3.8, 4) is 5.75 Å². The first-order valence-electron chi connectivity index (χ1n) is 4.67. The van der Waals surface area contributed by atoms with E-state index in [0.29, 0.717) is 17.0 Å². The SMILES string of the molecule is COc1ccc([C@H](C)C/C(Br)=N\O)cc1. The van der Waals surface area contributed by atoms with Crippen molar-refractivity contribution < 1.29 is 9.94 Å². The van der Waals surface area contributed by atoms with E-state index in [1.165, 1.54) is 5.56 Å². The van der Waals surface area contributed by atoms with E-state index in [2.05, 4.69) is 28.0 Å². The van der Waals surface area contributed by atoms with Crippen molar-refractivity contribution in [1.82, 2.24) is 0 Å². The molecule has 0 aliphatic carbocycles. The highest BCUT2D eigenvalue weighted by Gasteiger charge is 2.08. The molecule has 1 N–H and O–H groups in total. The number of hydrogen-bond donors (Lipinski definition) is 1. The molecule has 0 amide bonds. The van der Waals surface area contributed by atoms with E-state index >= 15 is 0 Å². The van der Waals surface area contributed by atoms with Crippen LogP contribution >= 0.6 is 15.9 Å². The summed E-state index contributed by atoms with van der Waals surface area (Å²) in [5.41, 5.74) is 1.19. The molecule has 0 bridgehead atoms. The van der Waals surface area contributed by atoms with Crippen LogP contribution in [-0.2, 0) is 0 Å². The number of oxime groups is 1. The maximum Gasteiger partial charge on any atom is 0.123 e. The predicted octanol–water partition coefficient (Wildman–Crippen LogP) is 3.37. The van der Waals surface area contributed by atoms with Gasteiger partial charge in [0.2, 0.25) is 0 Å². The Hall–Kier alpha value is -1.03. The number of nitrogens with zero attached hydrogens (tertiary/aromatic N) is 1. The maximum atomic E-state index is 8.53. The van der Waals surface area contributed by atoms with Crippen molar-refractivity contribution in [2.24, 2.45) is 5.16 Å². The fourth-order valence-electron chi connectivity index (χ4n) is 1.34. The molecule has 0 spiro atoms. The van der Waals surface area contributed by atoms with Gasteiger partial charge < -0.3 is 9.94 Å². The molecule has 0 heterocycles. The summed E-state index contributed by atoms with van der Waals surface area (Å²) in [4.78, 5) is 0. The average molecular weight is 272 g/mol. The van der Waals surface area contributed by atoms with Crippen molar-refractivity contribution in [3.63, 3.8) is 0 Å². The topological polar surface area (TPSA) is 41.8 Å². The Bertz CT molecular complexity index is 335. The quantitative estimate of drug-likeness (QED) is 0.518. The molecule has 82 valence electrons. The van der Waals surface area contributed by atoms with Gasteiger partial charge in [-0.15, -0.1) is 0 Å². The molecule has 1 rings (SSSR count). The van der Waals surface area contributed by atoms with Crippen molar-refractivity contribution in [2.75, 3.05) is 7.11 Å². The Labute approximate surface area is 97.9 Å². The van der Waals surface area contributed by atoms with Gasteiger partial charge in [0.15, 0.2) is 0 Å². The molecular formula is C11H14BrNO2. The van der Waals surface area contributed by atoms with Crippen LogP contribution in [0.15, 0.2) is 29.4 Å². The van der Waals surface area contributed by atoms with E-state index < -0.39 is 0 Å². The van der Waals surface area contributed by atoms with Gasteiger partial charge in [0.25, 0.3) is 0 Å². The lowest BCUT2D eigenvalue weighted by atomic mass is 9.98. The van der Waals surface area contributed by atoms with Gasteiger partial charge in [0.05, 0.1) is 7.11 Å². The molecule has 0 aliphatic rings. The minimum atomic E-state index is 0.307. The Balaban J connectivity index is 2.69. The largest absolute Gasteiger partial charge is 0.497 e. The minimum absolute atomic E-state index is 0.307. The smallest absolute Gasteiger partial charge is 0.123 e. The van der Waals surface area contributed by atoms with Crippen LogP contribution in [0, 0.1) is 0 Å². The number of hydrogen-bond acceptors (Lipinski definition) is 3. The number of benzene rings is 1. The number of rotatable bonds is 4. The molecule has 3 nitrogen and oxygen atoms in total. The molecule has 4 heteroatoms. The first-order valence-corrected chi connectivity index (χ1v) is 5.47. The van der Waals surface area contributed by atoms with Gasteiger partial charge in [0, 0.05) is 6.42 Å². The number of ether oxygens (including phenoxy) is 1. The van der Waals surface area contributed by atoms with Crippen molar-refractivity contribution in [2.45, 2.75) is 19.3 Å². The highest BCUT2D eigenvalue weighted by molar-refractivity contribution is 9.18. The van der Waals surface area contributed by atoms with E-state index in [-0.39, 0.29) is 0 Å². The van der Waals surface area contributed by atoms with Crippen LogP contribution in [0.25, 0.3) is 0 Å². The molecule has 1 aromatic carbocycles. The van der Waals surface area contributed by atoms with E-state index in [4.69, 9.17) is 9.94 Å². The van der Waals surface area contributed by atoms with Crippen LogP contribution in [0.4, 0.5) is 0 Å². The molecular weight excluding hydrogens is 258 g/mol. The third-order valence-corrected chi connectivity index (χ3v) is 2.75. The van der Waals surface area contributed by atoms with Crippen LogP contribution < -0.4 is 4.74 Å². The Morgan fingerprint density at radius 1 is 1.47 bits per heavy atom. The minimum Gasteiger partial charge on any atom is -0.497 e. The lowest BCUT2D eigenvalue weighted by molar-refractivity contribution is 0.319. The zero-order valence-electron chi connectivity index (χ0n) is 8.77. The molecule has 0 saturated carbocycles. The highest BCUT2D eigenvalue weighted by Crippen LogP contribution is 2.23. The fraction of sp³-hybridized carbons (Fsp3) is 0.364. The Morgan fingerprint density at radius 2 is 2.07 bits per heavy atom. The maximum absolute atomic E-state index is 8.53. The molecule has 0 unspecified atom stereocenters. The average Bonchev–Trinajstić information content (AvgIpc) is 2.29. The molecule has 1 aromatic rings. The van der Waals surface area contributed by atoms with Gasteiger partial charge in [0.1, 0.15) is 10.4 Å². The second-order valence-electron chi connectivity index (χ2n) is 3.35. The summed E-state index contributed by atoms with van der Waals surface area (Å²) in [5.74, 6) is 1.15.